The smallest absolute Gasteiger partial charge is 0.220 e. The molecule has 0 aromatic rings. The van der Waals surface area contributed by atoms with Gasteiger partial charge < -0.3 is 65.1 Å². The lowest BCUT2D eigenvalue weighted by atomic mass is 9.97. The first-order valence-electron chi connectivity index (χ1n) is 36.7. The molecule has 512 valence electrons. The van der Waals surface area contributed by atoms with Crippen molar-refractivity contribution in [3.05, 3.63) is 36.5 Å². The fourth-order valence-corrected chi connectivity index (χ4v) is 12.2. The van der Waals surface area contributed by atoms with Crippen LogP contribution in [0.1, 0.15) is 328 Å². The van der Waals surface area contributed by atoms with E-state index in [1.54, 1.807) is 6.08 Å². The Balaban J connectivity index is 1.67. The van der Waals surface area contributed by atoms with Gasteiger partial charge in [-0.05, 0) is 51.4 Å². The van der Waals surface area contributed by atoms with Gasteiger partial charge in [-0.1, -0.05) is 307 Å². The molecule has 0 aliphatic carbocycles. The minimum atomic E-state index is -1.79. The third kappa shape index (κ3) is 42.1. The molecule has 1 amide bonds. The van der Waals surface area contributed by atoms with Crippen molar-refractivity contribution in [1.29, 1.82) is 0 Å². The first-order valence-corrected chi connectivity index (χ1v) is 36.7. The van der Waals surface area contributed by atoms with Crippen molar-refractivity contribution < 1.29 is 64.6 Å². The molecule has 0 bridgehead atoms. The zero-order chi connectivity index (χ0) is 63.1. The van der Waals surface area contributed by atoms with Crippen molar-refractivity contribution in [3.63, 3.8) is 0 Å². The van der Waals surface area contributed by atoms with Gasteiger partial charge in [0, 0.05) is 6.42 Å². The Labute approximate surface area is 531 Å². The summed E-state index contributed by atoms with van der Waals surface area (Å²) in [6, 6.07) is -0.916. The first kappa shape index (κ1) is 81.3. The first-order chi connectivity index (χ1) is 42.6. The van der Waals surface area contributed by atoms with Crippen LogP contribution in [-0.2, 0) is 23.7 Å². The summed E-state index contributed by atoms with van der Waals surface area (Å²) in [4.78, 5) is 13.3. The molecule has 12 atom stereocenters. The van der Waals surface area contributed by atoms with Crippen LogP contribution in [0.2, 0.25) is 0 Å². The van der Waals surface area contributed by atoms with Crippen LogP contribution in [0.5, 0.6) is 0 Å². The normalized spacial score (nSPS) is 23.4. The highest BCUT2D eigenvalue weighted by atomic mass is 16.7. The Bertz CT molecular complexity index is 1600. The van der Waals surface area contributed by atoms with Gasteiger partial charge in [0.05, 0.1) is 32.0 Å². The molecule has 2 saturated heterocycles. The molecule has 0 radical (unpaired) electrons. The number of hydrogen-bond donors (Lipinski definition) is 9. The van der Waals surface area contributed by atoms with Crippen molar-refractivity contribution >= 4 is 5.91 Å². The quantitative estimate of drug-likeness (QED) is 0.0204. The van der Waals surface area contributed by atoms with Crippen LogP contribution < -0.4 is 5.32 Å². The van der Waals surface area contributed by atoms with E-state index < -0.39 is 86.8 Å². The minimum Gasteiger partial charge on any atom is -0.394 e. The molecular weight excluding hydrogens is 1100 g/mol. The van der Waals surface area contributed by atoms with Crippen LogP contribution in [0.25, 0.3) is 0 Å². The predicted molar refractivity (Wildman–Crippen MR) is 355 cm³/mol. The second-order valence-electron chi connectivity index (χ2n) is 26.1. The number of rotatable bonds is 61. The number of carbonyl (C=O) groups is 1. The maximum absolute atomic E-state index is 13.3. The van der Waals surface area contributed by atoms with E-state index in [9.17, 15) is 45.6 Å². The lowest BCUT2D eigenvalue weighted by Gasteiger charge is -2.46. The van der Waals surface area contributed by atoms with Gasteiger partial charge in [-0.3, -0.25) is 4.79 Å². The fourth-order valence-electron chi connectivity index (χ4n) is 12.2. The Morgan fingerprint density at radius 3 is 1.15 bits per heavy atom. The van der Waals surface area contributed by atoms with E-state index in [0.717, 1.165) is 44.9 Å². The second kappa shape index (κ2) is 58.1. The number of unbranched alkanes of at least 4 members (excludes halogenated alkanes) is 44. The Hall–Kier alpha value is -1.79. The molecule has 2 fully saturated rings. The summed E-state index contributed by atoms with van der Waals surface area (Å²) in [6.45, 7) is 2.84. The molecule has 14 nitrogen and oxygen atoms in total. The average molecular weight is 1240 g/mol. The van der Waals surface area contributed by atoms with Crippen LogP contribution in [-0.4, -0.2) is 140 Å². The number of aliphatic hydroxyl groups is 8. The highest BCUT2D eigenvalue weighted by molar-refractivity contribution is 5.76. The van der Waals surface area contributed by atoms with E-state index in [2.05, 4.69) is 43.5 Å². The SMILES string of the molecule is CCCCCCC/C=C\C/C=C\CCCCCCCCCCCCCCCC(=O)NC(COC1OC(CO)C(OC2OC(CO)C(O)C(O)C2O)C(O)C1O)C(O)/C=C/CCCCCCCCCCCCCCCCCCCCCCCCCCCC. The van der Waals surface area contributed by atoms with Crippen molar-refractivity contribution in [2.24, 2.45) is 0 Å². The third-order valence-electron chi connectivity index (χ3n) is 18.1. The number of nitrogens with one attached hydrogen (secondary N) is 1. The topological polar surface area (TPSA) is 228 Å². The molecule has 0 saturated carbocycles. The summed E-state index contributed by atoms with van der Waals surface area (Å²) in [5, 5.41) is 87.5. The Morgan fingerprint density at radius 1 is 0.414 bits per heavy atom. The summed E-state index contributed by atoms with van der Waals surface area (Å²) in [5.74, 6) is -0.235. The molecular formula is C73H137NO13. The van der Waals surface area contributed by atoms with Crippen molar-refractivity contribution in [1.82, 2.24) is 5.32 Å². The molecule has 2 heterocycles. The van der Waals surface area contributed by atoms with E-state index in [1.807, 2.05) is 6.08 Å². The number of aliphatic hydroxyl groups excluding tert-OH is 8. The van der Waals surface area contributed by atoms with E-state index in [1.165, 1.54) is 257 Å². The monoisotopic (exact) mass is 1240 g/mol. The number of carbonyl (C=O) groups excluding carboxylic acids is 1. The van der Waals surface area contributed by atoms with Crippen LogP contribution in [0.3, 0.4) is 0 Å². The number of hydrogen-bond acceptors (Lipinski definition) is 13. The van der Waals surface area contributed by atoms with Crippen LogP contribution in [0.4, 0.5) is 0 Å². The Kier molecular flexibility index (Phi) is 54.3. The van der Waals surface area contributed by atoms with Gasteiger partial charge in [0.2, 0.25) is 5.91 Å². The molecule has 87 heavy (non-hydrogen) atoms. The van der Waals surface area contributed by atoms with Gasteiger partial charge in [-0.15, -0.1) is 0 Å². The van der Waals surface area contributed by atoms with Gasteiger partial charge in [-0.2, -0.15) is 0 Å². The van der Waals surface area contributed by atoms with Gasteiger partial charge in [0.1, 0.15) is 48.8 Å². The van der Waals surface area contributed by atoms with Crippen LogP contribution in [0.15, 0.2) is 36.5 Å². The summed E-state index contributed by atoms with van der Waals surface area (Å²) >= 11 is 0. The number of ether oxygens (including phenoxy) is 4. The summed E-state index contributed by atoms with van der Waals surface area (Å²) in [6.07, 6.45) is 57.7. The summed E-state index contributed by atoms with van der Waals surface area (Å²) < 4.78 is 22.9. The molecule has 9 N–H and O–H groups in total. The fraction of sp³-hybridized carbons (Fsp3) is 0.904. The Morgan fingerprint density at radius 2 is 0.759 bits per heavy atom. The molecule has 0 aromatic carbocycles. The number of amides is 1. The second-order valence-corrected chi connectivity index (χ2v) is 26.1. The molecule has 14 heteroatoms. The largest absolute Gasteiger partial charge is 0.394 e. The molecule has 12 unspecified atom stereocenters. The number of allylic oxidation sites excluding steroid dienone is 5. The zero-order valence-electron chi connectivity index (χ0n) is 55.8. The van der Waals surface area contributed by atoms with E-state index in [4.69, 9.17) is 18.9 Å². The van der Waals surface area contributed by atoms with Gasteiger partial charge in [-0.25, -0.2) is 0 Å². The molecule has 0 aromatic heterocycles. The van der Waals surface area contributed by atoms with Gasteiger partial charge in [0.15, 0.2) is 12.6 Å². The van der Waals surface area contributed by atoms with E-state index in [0.29, 0.717) is 6.42 Å². The summed E-state index contributed by atoms with van der Waals surface area (Å²) in [5.41, 5.74) is 0. The lowest BCUT2D eigenvalue weighted by molar-refractivity contribution is -0.359. The minimum absolute atomic E-state index is 0.235. The maximum atomic E-state index is 13.3. The third-order valence-corrected chi connectivity index (χ3v) is 18.1. The molecule has 2 rings (SSSR count). The summed E-state index contributed by atoms with van der Waals surface area (Å²) in [7, 11) is 0. The van der Waals surface area contributed by atoms with Crippen molar-refractivity contribution in [2.45, 2.75) is 402 Å². The zero-order valence-corrected chi connectivity index (χ0v) is 55.8. The highest BCUT2D eigenvalue weighted by Crippen LogP contribution is 2.30. The predicted octanol–water partition coefficient (Wildman–Crippen LogP) is 15.3. The average Bonchev–Trinajstić information content (AvgIpc) is 2.50. The lowest BCUT2D eigenvalue weighted by Crippen LogP contribution is -2.65. The van der Waals surface area contributed by atoms with Crippen molar-refractivity contribution in [3.8, 4) is 0 Å². The van der Waals surface area contributed by atoms with Gasteiger partial charge >= 0.3 is 0 Å². The van der Waals surface area contributed by atoms with E-state index >= 15 is 0 Å². The molecule has 2 aliphatic heterocycles. The maximum Gasteiger partial charge on any atom is 0.220 e. The standard InChI is InChI=1S/C73H137NO13/c1-3-5-7-9-11-13-15-17-19-21-23-25-27-29-30-31-33-34-36-38-40-42-44-46-48-50-52-54-56-62(77)61(60-84-72-70(83)68(81)71(64(59-76)86-72)87-73-69(82)67(80)66(79)63(58-75)85-73)74-65(78)57-55-53-51-49-47-45-43-41-39-37-35-32-28-26-24-22-20-18-16-14-12-10-8-6-4-2/h16,18,22,24,54,56,61-64,66-73,75-77,79-83H,3-15,17,19-21,23,25-53,55,57-60H2,1-2H3,(H,74,78)/b18-16-,24-22-,56-54+. The molecule has 2 aliphatic rings. The van der Waals surface area contributed by atoms with Crippen LogP contribution >= 0.6 is 0 Å². The van der Waals surface area contributed by atoms with Crippen molar-refractivity contribution in [2.75, 3.05) is 19.8 Å². The van der Waals surface area contributed by atoms with Gasteiger partial charge in [0.25, 0.3) is 0 Å². The molecule has 0 spiro atoms. The van der Waals surface area contributed by atoms with Crippen LogP contribution in [0, 0.1) is 0 Å². The van der Waals surface area contributed by atoms with E-state index in [-0.39, 0.29) is 18.9 Å². The highest BCUT2D eigenvalue weighted by Gasteiger charge is 2.51.